The van der Waals surface area contributed by atoms with E-state index >= 15 is 0 Å². The molecule has 1 heteroatoms. The zero-order valence-electron chi connectivity index (χ0n) is 7.59. The molecule has 1 spiro atoms. The minimum atomic E-state index is 0.589. The largest absolute Gasteiger partial charge is 0.126 e. The number of benzene rings is 1. The van der Waals surface area contributed by atoms with E-state index in [9.17, 15) is 0 Å². The van der Waals surface area contributed by atoms with Gasteiger partial charge in [0, 0.05) is 5.88 Å². The number of halogens is 1. The highest BCUT2D eigenvalue weighted by Gasteiger charge is 2.55. The molecule has 1 atom stereocenters. The summed E-state index contributed by atoms with van der Waals surface area (Å²) >= 11 is 5.91. The van der Waals surface area contributed by atoms with Crippen LogP contribution in [0.4, 0.5) is 0 Å². The monoisotopic (exact) mass is 192 g/mol. The van der Waals surface area contributed by atoms with Crippen LogP contribution < -0.4 is 0 Å². The van der Waals surface area contributed by atoms with Gasteiger partial charge in [0.15, 0.2) is 0 Å². The average Bonchev–Trinajstić information content (AvgIpc) is 2.69. The molecule has 0 radical (unpaired) electrons. The molecule has 68 valence electrons. The molecule has 0 aliphatic heterocycles. The molecule has 0 saturated heterocycles. The second kappa shape index (κ2) is 2.51. The molecule has 0 heterocycles. The van der Waals surface area contributed by atoms with Crippen LogP contribution in [-0.4, -0.2) is 5.88 Å². The van der Waals surface area contributed by atoms with Crippen molar-refractivity contribution in [1.29, 1.82) is 0 Å². The Morgan fingerprint density at radius 3 is 2.31 bits per heavy atom. The van der Waals surface area contributed by atoms with Crippen molar-refractivity contribution in [2.45, 2.75) is 19.3 Å². The van der Waals surface area contributed by atoms with Gasteiger partial charge in [0.1, 0.15) is 0 Å². The number of hydrogen-bond donors (Lipinski definition) is 0. The molecule has 1 aromatic carbocycles. The van der Waals surface area contributed by atoms with E-state index in [4.69, 9.17) is 11.6 Å². The summed E-state index contributed by atoms with van der Waals surface area (Å²) in [6.45, 7) is 0. The zero-order valence-corrected chi connectivity index (χ0v) is 8.35. The van der Waals surface area contributed by atoms with E-state index < -0.39 is 0 Å². The molecule has 2 aliphatic rings. The van der Waals surface area contributed by atoms with Gasteiger partial charge in [-0.1, -0.05) is 24.3 Å². The Morgan fingerprint density at radius 2 is 1.85 bits per heavy atom. The molecule has 0 bridgehead atoms. The van der Waals surface area contributed by atoms with E-state index in [1.54, 1.807) is 11.1 Å². The third-order valence-corrected chi connectivity index (χ3v) is 4.12. The topological polar surface area (TPSA) is 0 Å². The number of hydrogen-bond acceptors (Lipinski definition) is 0. The second-order valence-electron chi connectivity index (χ2n) is 4.54. The molecule has 3 rings (SSSR count). The maximum Gasteiger partial charge on any atom is 0.0257 e. The maximum atomic E-state index is 5.91. The van der Waals surface area contributed by atoms with E-state index in [-0.39, 0.29) is 0 Å². The van der Waals surface area contributed by atoms with E-state index in [0.717, 1.165) is 11.8 Å². The van der Waals surface area contributed by atoms with Gasteiger partial charge in [0.25, 0.3) is 0 Å². The van der Waals surface area contributed by atoms with Gasteiger partial charge in [-0.3, -0.25) is 0 Å². The number of alkyl halides is 1. The SMILES string of the molecule is ClCC1CC12Cc1ccccc1C2. The molecule has 0 aromatic heterocycles. The van der Waals surface area contributed by atoms with E-state index in [0.29, 0.717) is 5.41 Å². The molecular formula is C12H13Cl. The second-order valence-corrected chi connectivity index (χ2v) is 4.85. The summed E-state index contributed by atoms with van der Waals surface area (Å²) in [5, 5.41) is 0. The van der Waals surface area contributed by atoms with E-state index in [1.165, 1.54) is 19.3 Å². The van der Waals surface area contributed by atoms with Crippen LogP contribution in [0, 0.1) is 11.3 Å². The van der Waals surface area contributed by atoms with Gasteiger partial charge in [0.05, 0.1) is 0 Å². The molecular weight excluding hydrogens is 180 g/mol. The normalized spacial score (nSPS) is 27.6. The molecule has 1 unspecified atom stereocenters. The Kier molecular flexibility index (Phi) is 1.52. The van der Waals surface area contributed by atoms with Gasteiger partial charge >= 0.3 is 0 Å². The van der Waals surface area contributed by atoms with Gasteiger partial charge in [0.2, 0.25) is 0 Å². The van der Waals surface area contributed by atoms with Crippen LogP contribution in [0.2, 0.25) is 0 Å². The lowest BCUT2D eigenvalue weighted by atomic mass is 10.0. The van der Waals surface area contributed by atoms with Crippen molar-refractivity contribution in [3.63, 3.8) is 0 Å². The van der Waals surface area contributed by atoms with Crippen LogP contribution in [0.25, 0.3) is 0 Å². The Morgan fingerprint density at radius 1 is 1.23 bits per heavy atom. The van der Waals surface area contributed by atoms with Crippen LogP contribution in [0.5, 0.6) is 0 Å². The first-order chi connectivity index (χ1) is 6.34. The highest BCUT2D eigenvalue weighted by molar-refractivity contribution is 6.18. The minimum absolute atomic E-state index is 0.589. The van der Waals surface area contributed by atoms with Crippen molar-refractivity contribution >= 4 is 11.6 Å². The van der Waals surface area contributed by atoms with E-state index in [1.807, 2.05) is 0 Å². The first-order valence-corrected chi connectivity index (χ1v) is 5.50. The van der Waals surface area contributed by atoms with Gasteiger partial charge in [-0.25, -0.2) is 0 Å². The third-order valence-electron chi connectivity index (χ3n) is 3.75. The van der Waals surface area contributed by atoms with Crippen molar-refractivity contribution in [3.8, 4) is 0 Å². The fourth-order valence-electron chi connectivity index (χ4n) is 2.81. The minimum Gasteiger partial charge on any atom is -0.126 e. The summed E-state index contributed by atoms with van der Waals surface area (Å²) in [5.41, 5.74) is 3.72. The standard InChI is InChI=1S/C12H13Cl/c13-8-11-7-12(11)5-9-3-1-2-4-10(9)6-12/h1-4,11H,5-8H2. The van der Waals surface area contributed by atoms with Crippen molar-refractivity contribution in [2.75, 3.05) is 5.88 Å². The van der Waals surface area contributed by atoms with Gasteiger partial charge < -0.3 is 0 Å². The Hall–Kier alpha value is -0.490. The number of fused-ring (bicyclic) bond motifs is 1. The van der Waals surface area contributed by atoms with Crippen molar-refractivity contribution in [1.82, 2.24) is 0 Å². The molecule has 13 heavy (non-hydrogen) atoms. The van der Waals surface area contributed by atoms with Crippen molar-refractivity contribution in [3.05, 3.63) is 35.4 Å². The summed E-state index contributed by atoms with van der Waals surface area (Å²) in [6.07, 6.45) is 3.91. The molecule has 1 fully saturated rings. The summed E-state index contributed by atoms with van der Waals surface area (Å²) in [4.78, 5) is 0. The Bertz CT molecular complexity index is 318. The first kappa shape index (κ1) is 7.87. The Balaban J connectivity index is 1.91. The average molecular weight is 193 g/mol. The molecule has 0 nitrogen and oxygen atoms in total. The molecule has 1 saturated carbocycles. The Labute approximate surface area is 83.9 Å². The van der Waals surface area contributed by atoms with Crippen LogP contribution in [0.15, 0.2) is 24.3 Å². The zero-order chi connectivity index (χ0) is 8.89. The van der Waals surface area contributed by atoms with Crippen LogP contribution in [0.1, 0.15) is 17.5 Å². The lowest BCUT2D eigenvalue weighted by Gasteiger charge is -2.04. The van der Waals surface area contributed by atoms with Crippen LogP contribution >= 0.6 is 11.6 Å². The highest BCUT2D eigenvalue weighted by atomic mass is 35.5. The summed E-state index contributed by atoms with van der Waals surface area (Å²) in [6, 6.07) is 8.84. The lowest BCUT2D eigenvalue weighted by Crippen LogP contribution is -2.03. The van der Waals surface area contributed by atoms with Crippen molar-refractivity contribution in [2.24, 2.45) is 11.3 Å². The maximum absolute atomic E-state index is 5.91. The number of rotatable bonds is 1. The fraction of sp³-hybridized carbons (Fsp3) is 0.500. The van der Waals surface area contributed by atoms with Crippen LogP contribution in [-0.2, 0) is 12.8 Å². The third kappa shape index (κ3) is 1.05. The van der Waals surface area contributed by atoms with E-state index in [2.05, 4.69) is 24.3 Å². The quantitative estimate of drug-likeness (QED) is 0.600. The van der Waals surface area contributed by atoms with Crippen molar-refractivity contribution < 1.29 is 0 Å². The van der Waals surface area contributed by atoms with Gasteiger partial charge in [-0.05, 0) is 41.7 Å². The summed E-state index contributed by atoms with van der Waals surface area (Å²) in [5.74, 6) is 1.65. The molecule has 0 N–H and O–H groups in total. The predicted molar refractivity (Wildman–Crippen MR) is 55.1 cm³/mol. The predicted octanol–water partition coefficient (Wildman–Crippen LogP) is 3.03. The smallest absolute Gasteiger partial charge is 0.0257 e. The molecule has 1 aromatic rings. The fourth-order valence-corrected chi connectivity index (χ4v) is 3.24. The summed E-state index contributed by atoms with van der Waals surface area (Å²) in [7, 11) is 0. The molecule has 2 aliphatic carbocycles. The van der Waals surface area contributed by atoms with Gasteiger partial charge in [-0.15, -0.1) is 11.6 Å². The lowest BCUT2D eigenvalue weighted by molar-refractivity contribution is 0.501. The van der Waals surface area contributed by atoms with Gasteiger partial charge in [-0.2, -0.15) is 0 Å². The van der Waals surface area contributed by atoms with Crippen LogP contribution in [0.3, 0.4) is 0 Å². The molecule has 0 amide bonds. The summed E-state index contributed by atoms with van der Waals surface area (Å²) < 4.78 is 0. The highest BCUT2D eigenvalue weighted by Crippen LogP contribution is 2.60. The first-order valence-electron chi connectivity index (χ1n) is 4.97.